The number of allylic oxidation sites excluding steroid dienone is 2. The molecule has 0 atom stereocenters. The molecule has 6 heteroatoms. The first kappa shape index (κ1) is 29.4. The summed E-state index contributed by atoms with van der Waals surface area (Å²) < 4.78 is 4.96. The van der Waals surface area contributed by atoms with Crippen LogP contribution >= 0.6 is 0 Å². The summed E-state index contributed by atoms with van der Waals surface area (Å²) in [6.07, 6.45) is 6.40. The van der Waals surface area contributed by atoms with Gasteiger partial charge in [0.25, 0.3) is 0 Å². The maximum atomic E-state index is 10.8. The summed E-state index contributed by atoms with van der Waals surface area (Å²) in [6.45, 7) is 17.5. The fourth-order valence-corrected chi connectivity index (χ4v) is 1.10. The van der Waals surface area contributed by atoms with E-state index in [1.165, 1.54) is 0 Å². The van der Waals surface area contributed by atoms with Crippen molar-refractivity contribution in [3.63, 3.8) is 0 Å². The monoisotopic (exact) mass is 384 g/mol. The number of unbranched alkanes of at least 4 members (excludes halogenated alkanes) is 2. The minimum atomic E-state index is -0.845. The average molecular weight is 385 g/mol. The van der Waals surface area contributed by atoms with Crippen LogP contribution in [0.5, 0.6) is 0 Å². The number of hydrogen-bond donors (Lipinski definition) is 2. The van der Waals surface area contributed by atoms with E-state index in [4.69, 9.17) is 14.9 Å². The molecule has 27 heavy (non-hydrogen) atoms. The quantitative estimate of drug-likeness (QED) is 0.373. The average Bonchev–Trinajstić information content (AvgIpc) is 2.53. The number of carbonyl (C=O) groups is 3. The van der Waals surface area contributed by atoms with E-state index < -0.39 is 17.5 Å². The van der Waals surface area contributed by atoms with E-state index >= 15 is 0 Å². The second-order valence-electron chi connectivity index (χ2n) is 6.89. The van der Waals surface area contributed by atoms with Crippen molar-refractivity contribution in [1.29, 1.82) is 0 Å². The Balaban J connectivity index is -0.000000326. The second-order valence-corrected chi connectivity index (χ2v) is 6.89. The van der Waals surface area contributed by atoms with Gasteiger partial charge in [-0.15, -0.1) is 0 Å². The van der Waals surface area contributed by atoms with E-state index in [-0.39, 0.29) is 5.97 Å². The van der Waals surface area contributed by atoms with E-state index in [9.17, 15) is 14.4 Å². The van der Waals surface area contributed by atoms with Crippen LogP contribution in [0.25, 0.3) is 0 Å². The summed E-state index contributed by atoms with van der Waals surface area (Å²) in [4.78, 5) is 30.9. The number of esters is 1. The van der Waals surface area contributed by atoms with Crippen LogP contribution in [0.1, 0.15) is 74.7 Å². The number of rotatable bonds is 6. The number of carboxylic acid groups (broad SMARTS) is 2. The van der Waals surface area contributed by atoms with Crippen LogP contribution in [0.3, 0.4) is 0 Å². The van der Waals surface area contributed by atoms with Crippen LogP contribution in [-0.2, 0) is 19.1 Å². The molecule has 6 nitrogen and oxygen atoms in total. The molecule has 0 saturated carbocycles. The Morgan fingerprint density at radius 1 is 1.00 bits per heavy atom. The third-order valence-electron chi connectivity index (χ3n) is 2.86. The molecule has 0 unspecified atom stereocenters. The summed E-state index contributed by atoms with van der Waals surface area (Å²) in [5, 5.41) is 16.5. The van der Waals surface area contributed by atoms with Gasteiger partial charge in [-0.1, -0.05) is 38.5 Å². The molecule has 0 fully saturated rings. The van der Waals surface area contributed by atoms with Gasteiger partial charge < -0.3 is 14.9 Å². The topological polar surface area (TPSA) is 101 Å². The molecule has 0 rings (SSSR count). The molecule has 0 aliphatic heterocycles. The predicted molar refractivity (Wildman–Crippen MR) is 109 cm³/mol. The van der Waals surface area contributed by atoms with E-state index in [0.717, 1.165) is 19.3 Å². The highest BCUT2D eigenvalue weighted by molar-refractivity contribution is 5.87. The Bertz CT molecular complexity index is 548. The zero-order valence-corrected chi connectivity index (χ0v) is 18.0. The van der Waals surface area contributed by atoms with Crippen molar-refractivity contribution in [3.05, 3.63) is 35.5 Å². The van der Waals surface area contributed by atoms with Crippen molar-refractivity contribution < 1.29 is 29.3 Å². The van der Waals surface area contributed by atoms with Crippen molar-refractivity contribution in [3.8, 4) is 0 Å². The zero-order chi connectivity index (χ0) is 22.2. The van der Waals surface area contributed by atoms with Gasteiger partial charge in [0, 0.05) is 16.7 Å². The molecular weight excluding hydrogens is 348 g/mol. The van der Waals surface area contributed by atoms with Crippen molar-refractivity contribution in [2.24, 2.45) is 0 Å². The maximum absolute atomic E-state index is 10.8. The van der Waals surface area contributed by atoms with Gasteiger partial charge in [-0.05, 0) is 54.9 Å². The maximum Gasteiger partial charge on any atom is 0.333 e. The number of aliphatic carboxylic acids is 2. The van der Waals surface area contributed by atoms with E-state index in [1.54, 1.807) is 39.8 Å². The standard InChI is InChI=1S/2C8H14O2.C5H8O2/c1-6(2)7(9)10-8(3,4)5;1-3-4-5-6-7(2)8(9)10;1-3-4(2)5(6)7/h1H2,2-5H3;6H,3-5H2,1-2H3,(H,9,10);3H,1-2H3,(H,6,7). The Morgan fingerprint density at radius 2 is 1.44 bits per heavy atom. The molecule has 0 amide bonds. The van der Waals surface area contributed by atoms with Crippen LogP contribution in [0.15, 0.2) is 35.5 Å². The highest BCUT2D eigenvalue weighted by Crippen LogP contribution is 2.09. The van der Waals surface area contributed by atoms with Gasteiger partial charge in [0.15, 0.2) is 0 Å². The normalized spacial score (nSPS) is 11.3. The minimum Gasteiger partial charge on any atom is -0.478 e. The lowest BCUT2D eigenvalue weighted by Gasteiger charge is -2.19. The zero-order valence-electron chi connectivity index (χ0n) is 18.0. The van der Waals surface area contributed by atoms with Crippen LogP contribution in [0.4, 0.5) is 0 Å². The molecule has 0 aromatic heterocycles. The Morgan fingerprint density at radius 3 is 1.63 bits per heavy atom. The summed E-state index contributed by atoms with van der Waals surface area (Å²) in [7, 11) is 0. The number of ether oxygens (including phenoxy) is 1. The van der Waals surface area contributed by atoms with Gasteiger partial charge >= 0.3 is 17.9 Å². The molecule has 0 aliphatic rings. The third kappa shape index (κ3) is 23.6. The highest BCUT2D eigenvalue weighted by atomic mass is 16.6. The van der Waals surface area contributed by atoms with E-state index in [2.05, 4.69) is 13.5 Å². The summed E-state index contributed by atoms with van der Waals surface area (Å²) >= 11 is 0. The number of carbonyl (C=O) groups excluding carboxylic acids is 1. The molecule has 0 heterocycles. The first-order chi connectivity index (χ1) is 12.2. The molecule has 0 saturated heterocycles. The molecule has 0 aliphatic carbocycles. The lowest BCUT2D eigenvalue weighted by Crippen LogP contribution is -2.23. The van der Waals surface area contributed by atoms with Gasteiger partial charge in [0.05, 0.1) is 0 Å². The predicted octanol–water partition coefficient (Wildman–Crippen LogP) is 5.15. The van der Waals surface area contributed by atoms with Crippen molar-refractivity contribution in [1.82, 2.24) is 0 Å². The SMILES string of the molecule is C=C(C)C(=O)OC(C)(C)C.CC=C(C)C(=O)O.CCCCC=C(C)C(=O)O. The van der Waals surface area contributed by atoms with Gasteiger partial charge in [-0.25, -0.2) is 14.4 Å². The molecule has 0 aromatic rings. The van der Waals surface area contributed by atoms with Gasteiger partial charge in [0.1, 0.15) is 5.60 Å². The highest BCUT2D eigenvalue weighted by Gasteiger charge is 2.15. The fraction of sp³-hybridized carbons (Fsp3) is 0.571. The molecular formula is C21H36O6. The molecule has 156 valence electrons. The number of carboxylic acids is 2. The lowest BCUT2D eigenvalue weighted by molar-refractivity contribution is -0.149. The fourth-order valence-electron chi connectivity index (χ4n) is 1.10. The van der Waals surface area contributed by atoms with Gasteiger partial charge in [-0.2, -0.15) is 0 Å². The Kier molecular flexibility index (Phi) is 17.3. The lowest BCUT2D eigenvalue weighted by atomic mass is 10.2. The summed E-state index contributed by atoms with van der Waals surface area (Å²) in [6, 6.07) is 0. The molecule has 0 spiro atoms. The molecule has 0 bridgehead atoms. The first-order valence-electron chi connectivity index (χ1n) is 8.84. The third-order valence-corrected chi connectivity index (χ3v) is 2.86. The first-order valence-corrected chi connectivity index (χ1v) is 8.84. The van der Waals surface area contributed by atoms with Crippen LogP contribution in [0.2, 0.25) is 0 Å². The van der Waals surface area contributed by atoms with Crippen molar-refractivity contribution in [2.75, 3.05) is 0 Å². The van der Waals surface area contributed by atoms with Crippen LogP contribution in [-0.4, -0.2) is 33.7 Å². The van der Waals surface area contributed by atoms with Crippen molar-refractivity contribution in [2.45, 2.75) is 80.3 Å². The minimum absolute atomic E-state index is 0.326. The smallest absolute Gasteiger partial charge is 0.333 e. The largest absolute Gasteiger partial charge is 0.478 e. The Labute approximate surface area is 163 Å². The van der Waals surface area contributed by atoms with Crippen LogP contribution < -0.4 is 0 Å². The second kappa shape index (κ2) is 15.9. The Hall–Kier alpha value is -2.37. The summed E-state index contributed by atoms with van der Waals surface area (Å²) in [5.41, 5.74) is 0.874. The van der Waals surface area contributed by atoms with Gasteiger partial charge in [0.2, 0.25) is 0 Å². The molecule has 2 N–H and O–H groups in total. The van der Waals surface area contributed by atoms with Crippen LogP contribution in [0, 0.1) is 0 Å². The van der Waals surface area contributed by atoms with E-state index in [0.29, 0.717) is 16.7 Å². The molecule has 0 radical (unpaired) electrons. The van der Waals surface area contributed by atoms with Gasteiger partial charge in [-0.3, -0.25) is 0 Å². The number of hydrogen-bond acceptors (Lipinski definition) is 4. The summed E-state index contributed by atoms with van der Waals surface area (Å²) in [5.74, 6) is -1.98. The van der Waals surface area contributed by atoms with Crippen molar-refractivity contribution >= 4 is 17.9 Å². The van der Waals surface area contributed by atoms with E-state index in [1.807, 2.05) is 20.8 Å². The molecule has 0 aromatic carbocycles.